The van der Waals surface area contributed by atoms with Crippen LogP contribution in [0, 0.1) is 5.41 Å². The molecule has 2 N–H and O–H groups in total. The third kappa shape index (κ3) is 4.82. The highest BCUT2D eigenvalue weighted by atomic mass is 16.5. The van der Waals surface area contributed by atoms with Gasteiger partial charge in [-0.15, -0.1) is 0 Å². The topological polar surface area (TPSA) is 112 Å². The van der Waals surface area contributed by atoms with Gasteiger partial charge in [0, 0.05) is 56.3 Å². The molecule has 168 valence electrons. The number of ether oxygens (including phenoxy) is 2. The Morgan fingerprint density at radius 3 is 2.52 bits per heavy atom. The van der Waals surface area contributed by atoms with Crippen molar-refractivity contribution in [3.05, 3.63) is 66.4 Å². The normalized spacial score (nSPS) is 12.1. The summed E-state index contributed by atoms with van der Waals surface area (Å²) < 4.78 is 10.9. The smallest absolute Gasteiger partial charge is 0.134 e. The number of hydrogen-bond acceptors (Lipinski definition) is 8. The molecule has 9 nitrogen and oxygen atoms in total. The highest BCUT2D eigenvalue weighted by Gasteiger charge is 2.17. The summed E-state index contributed by atoms with van der Waals surface area (Å²) in [6, 6.07) is 11.5. The van der Waals surface area contributed by atoms with Crippen molar-refractivity contribution in [1.29, 1.82) is 5.41 Å². The van der Waals surface area contributed by atoms with Crippen LogP contribution in [0.4, 0.5) is 11.5 Å². The molecule has 0 spiro atoms. The summed E-state index contributed by atoms with van der Waals surface area (Å²) in [5.74, 6) is 2.59. The number of fused-ring (bicyclic) bond motifs is 1. The number of imidazole rings is 1. The van der Waals surface area contributed by atoms with Gasteiger partial charge in [0.25, 0.3) is 0 Å². The number of benzene rings is 1. The van der Waals surface area contributed by atoms with Gasteiger partial charge in [0.05, 0.1) is 43.4 Å². The van der Waals surface area contributed by atoms with Crippen molar-refractivity contribution in [1.82, 2.24) is 19.9 Å². The molecule has 9 heteroatoms. The largest absolute Gasteiger partial charge is 0.497 e. The number of aromatic amines is 1. The maximum Gasteiger partial charge on any atom is 0.134 e. The molecule has 4 aromatic rings. The van der Waals surface area contributed by atoms with Gasteiger partial charge in [0.15, 0.2) is 0 Å². The van der Waals surface area contributed by atoms with E-state index in [1.165, 1.54) is 6.21 Å². The highest BCUT2D eigenvalue weighted by Crippen LogP contribution is 2.33. The van der Waals surface area contributed by atoms with Crippen LogP contribution in [0.3, 0.4) is 0 Å². The van der Waals surface area contributed by atoms with E-state index in [1.807, 2.05) is 41.3 Å². The van der Waals surface area contributed by atoms with Gasteiger partial charge in [-0.2, -0.15) is 0 Å². The average molecular weight is 444 g/mol. The summed E-state index contributed by atoms with van der Waals surface area (Å²) >= 11 is 0. The van der Waals surface area contributed by atoms with Crippen molar-refractivity contribution in [2.24, 2.45) is 4.99 Å². The van der Waals surface area contributed by atoms with Gasteiger partial charge in [0.2, 0.25) is 0 Å². The first-order valence-electron chi connectivity index (χ1n) is 10.3. The zero-order chi connectivity index (χ0) is 23.2. The van der Waals surface area contributed by atoms with Gasteiger partial charge in [-0.05, 0) is 23.8 Å². The second kappa shape index (κ2) is 9.90. The molecule has 0 radical (unpaired) electrons. The standard InChI is InChI=1S/C24H25N7O2/c1-26-13-17(12-25)16-8-22-21(29-14-16)4-5-24(30-22)31(15-23-27-6-7-28-23)18-9-19(32-2)11-20(10-18)33-3/h4-14,17,25H,15H2,1-3H3,(H,27,28). The van der Waals surface area contributed by atoms with Crippen LogP contribution < -0.4 is 14.4 Å². The summed E-state index contributed by atoms with van der Waals surface area (Å²) in [7, 11) is 4.93. The summed E-state index contributed by atoms with van der Waals surface area (Å²) in [5, 5.41) is 7.71. The maximum atomic E-state index is 7.71. The van der Waals surface area contributed by atoms with Gasteiger partial charge >= 0.3 is 0 Å². The van der Waals surface area contributed by atoms with Crippen molar-refractivity contribution in [3.63, 3.8) is 0 Å². The average Bonchev–Trinajstić information content (AvgIpc) is 3.38. The number of nitrogens with zero attached hydrogens (tertiary/aromatic N) is 5. The molecule has 0 aliphatic carbocycles. The fourth-order valence-corrected chi connectivity index (χ4v) is 3.52. The first-order chi connectivity index (χ1) is 16.1. The minimum atomic E-state index is -0.251. The lowest BCUT2D eigenvalue weighted by molar-refractivity contribution is 0.394. The minimum absolute atomic E-state index is 0.251. The predicted molar refractivity (Wildman–Crippen MR) is 129 cm³/mol. The zero-order valence-electron chi connectivity index (χ0n) is 18.7. The molecular weight excluding hydrogens is 418 g/mol. The number of methoxy groups -OCH3 is 2. The fraction of sp³-hybridized carbons (Fsp3) is 0.208. The molecule has 0 aliphatic rings. The van der Waals surface area contributed by atoms with Gasteiger partial charge in [-0.1, -0.05) is 0 Å². The van der Waals surface area contributed by atoms with E-state index in [1.54, 1.807) is 46.1 Å². The van der Waals surface area contributed by atoms with E-state index in [9.17, 15) is 0 Å². The zero-order valence-corrected chi connectivity index (χ0v) is 18.7. The Morgan fingerprint density at radius 1 is 1.09 bits per heavy atom. The Morgan fingerprint density at radius 2 is 1.88 bits per heavy atom. The Labute approximate surface area is 191 Å². The van der Waals surface area contributed by atoms with E-state index in [-0.39, 0.29) is 5.92 Å². The van der Waals surface area contributed by atoms with Crippen LogP contribution in [-0.4, -0.2) is 53.6 Å². The SMILES string of the molecule is CN=CC(C=N)c1cnc2ccc(N(Cc3ncc[nH]3)c3cc(OC)cc(OC)c3)nc2c1. The lowest BCUT2D eigenvalue weighted by Gasteiger charge is -2.24. The highest BCUT2D eigenvalue weighted by molar-refractivity contribution is 5.90. The summed E-state index contributed by atoms with van der Waals surface area (Å²) in [6.07, 6.45) is 8.32. The Hall–Kier alpha value is -4.27. The van der Waals surface area contributed by atoms with Crippen LogP contribution in [-0.2, 0) is 6.54 Å². The van der Waals surface area contributed by atoms with Crippen molar-refractivity contribution in [3.8, 4) is 11.5 Å². The summed E-state index contributed by atoms with van der Waals surface area (Å²) in [5.41, 5.74) is 3.18. The molecule has 3 heterocycles. The van der Waals surface area contributed by atoms with E-state index >= 15 is 0 Å². The Balaban J connectivity index is 1.82. The quantitative estimate of drug-likeness (QED) is 0.376. The molecular formula is C24H25N7O2. The van der Waals surface area contributed by atoms with Crippen molar-refractivity contribution in [2.45, 2.75) is 12.5 Å². The van der Waals surface area contributed by atoms with Crippen LogP contribution in [0.15, 0.2) is 60.0 Å². The van der Waals surface area contributed by atoms with Crippen molar-refractivity contribution >= 4 is 35.0 Å². The molecule has 0 bridgehead atoms. The second-order valence-corrected chi connectivity index (χ2v) is 7.27. The van der Waals surface area contributed by atoms with E-state index in [2.05, 4.69) is 19.9 Å². The van der Waals surface area contributed by atoms with Gasteiger partial charge in [-0.3, -0.25) is 9.98 Å². The third-order valence-electron chi connectivity index (χ3n) is 5.21. The molecule has 0 saturated heterocycles. The molecule has 1 aromatic carbocycles. The molecule has 0 fully saturated rings. The van der Waals surface area contributed by atoms with Gasteiger partial charge in [-0.25, -0.2) is 9.97 Å². The number of anilines is 2. The molecule has 3 aromatic heterocycles. The first-order valence-corrected chi connectivity index (χ1v) is 10.3. The lowest BCUT2D eigenvalue weighted by atomic mass is 10.0. The number of aromatic nitrogens is 4. The number of hydrogen-bond donors (Lipinski definition) is 2. The number of nitrogens with one attached hydrogen (secondary N) is 2. The van der Waals surface area contributed by atoms with Gasteiger partial charge < -0.3 is 24.8 Å². The minimum Gasteiger partial charge on any atom is -0.497 e. The van der Waals surface area contributed by atoms with Gasteiger partial charge in [0.1, 0.15) is 23.1 Å². The molecule has 0 amide bonds. The molecule has 0 saturated carbocycles. The van der Waals surface area contributed by atoms with E-state index in [4.69, 9.17) is 19.9 Å². The molecule has 1 atom stereocenters. The lowest BCUT2D eigenvalue weighted by Crippen LogP contribution is -2.19. The monoisotopic (exact) mass is 443 g/mol. The fourth-order valence-electron chi connectivity index (χ4n) is 3.52. The second-order valence-electron chi connectivity index (χ2n) is 7.27. The van der Waals surface area contributed by atoms with E-state index in [0.717, 1.165) is 28.1 Å². The molecule has 33 heavy (non-hydrogen) atoms. The predicted octanol–water partition coefficient (Wildman–Crippen LogP) is 4.14. The van der Waals surface area contributed by atoms with Crippen molar-refractivity contribution < 1.29 is 9.47 Å². The molecule has 4 rings (SSSR count). The number of pyridine rings is 2. The maximum absolute atomic E-state index is 7.71. The van der Waals surface area contributed by atoms with Crippen LogP contribution in [0.1, 0.15) is 17.3 Å². The third-order valence-corrected chi connectivity index (χ3v) is 5.21. The number of H-pyrrole nitrogens is 1. The summed E-state index contributed by atoms with van der Waals surface area (Å²) in [4.78, 5) is 23.1. The van der Waals surface area contributed by atoms with Crippen LogP contribution in [0.2, 0.25) is 0 Å². The van der Waals surface area contributed by atoms with Crippen LogP contribution in [0.5, 0.6) is 11.5 Å². The van der Waals surface area contributed by atoms with E-state index < -0.39 is 0 Å². The Kier molecular flexibility index (Phi) is 6.58. The number of aliphatic imine (C=N–C) groups is 1. The summed E-state index contributed by atoms with van der Waals surface area (Å²) in [6.45, 7) is 0.459. The van der Waals surface area contributed by atoms with Crippen LogP contribution >= 0.6 is 0 Å². The first kappa shape index (κ1) is 21.9. The molecule has 0 aliphatic heterocycles. The molecule has 1 unspecified atom stereocenters. The van der Waals surface area contributed by atoms with E-state index in [0.29, 0.717) is 23.9 Å². The van der Waals surface area contributed by atoms with Crippen LogP contribution in [0.25, 0.3) is 11.0 Å². The number of rotatable bonds is 9. The Bertz CT molecular complexity index is 1250. The van der Waals surface area contributed by atoms with Crippen molar-refractivity contribution in [2.75, 3.05) is 26.2 Å².